The molecule has 0 aromatic heterocycles. The number of carboxylic acid groups (broad SMARTS) is 1. The van der Waals surface area contributed by atoms with E-state index in [1.54, 1.807) is 31.2 Å². The number of hydrogen-bond donors (Lipinski definition) is 2. The molecule has 124 valence electrons. The highest BCUT2D eigenvalue weighted by molar-refractivity contribution is 6.00. The third kappa shape index (κ3) is 2.92. The highest BCUT2D eigenvalue weighted by atomic mass is 16.4. The number of hydrogen-bond acceptors (Lipinski definition) is 2. The fraction of sp³-hybridized carbons (Fsp3) is 0.300. The summed E-state index contributed by atoms with van der Waals surface area (Å²) in [6.07, 6.45) is 2.72. The van der Waals surface area contributed by atoms with Crippen LogP contribution in [0, 0.1) is 0 Å². The van der Waals surface area contributed by atoms with E-state index >= 15 is 0 Å². The van der Waals surface area contributed by atoms with Crippen LogP contribution < -0.4 is 5.32 Å². The van der Waals surface area contributed by atoms with Crippen LogP contribution in [0.1, 0.15) is 43.2 Å². The largest absolute Gasteiger partial charge is 0.481 e. The molecule has 0 aliphatic heterocycles. The van der Waals surface area contributed by atoms with E-state index in [1.165, 1.54) is 0 Å². The van der Waals surface area contributed by atoms with Crippen molar-refractivity contribution in [2.45, 2.75) is 37.5 Å². The van der Waals surface area contributed by atoms with Crippen LogP contribution in [-0.2, 0) is 15.0 Å². The van der Waals surface area contributed by atoms with Gasteiger partial charge >= 0.3 is 5.97 Å². The molecule has 4 heteroatoms. The average Bonchev–Trinajstić information content (AvgIpc) is 2.54. The van der Waals surface area contributed by atoms with Gasteiger partial charge in [0.1, 0.15) is 0 Å². The Bertz CT molecular complexity index is 750. The van der Waals surface area contributed by atoms with E-state index in [9.17, 15) is 9.59 Å². The minimum atomic E-state index is -0.877. The van der Waals surface area contributed by atoms with Crippen molar-refractivity contribution in [2.24, 2.45) is 0 Å². The zero-order chi connectivity index (χ0) is 17.2. The molecule has 3 rings (SSSR count). The zero-order valence-electron chi connectivity index (χ0n) is 13.7. The number of anilines is 1. The van der Waals surface area contributed by atoms with Crippen molar-refractivity contribution >= 4 is 17.6 Å². The molecule has 4 nitrogen and oxygen atoms in total. The lowest BCUT2D eigenvalue weighted by atomic mass is 9.64. The molecule has 1 unspecified atom stereocenters. The number of nitrogens with one attached hydrogen (secondary N) is 1. The van der Waals surface area contributed by atoms with Gasteiger partial charge in [0.05, 0.1) is 11.3 Å². The van der Waals surface area contributed by atoms with Crippen LogP contribution in [0.25, 0.3) is 0 Å². The van der Waals surface area contributed by atoms with Crippen molar-refractivity contribution in [3.63, 3.8) is 0 Å². The predicted octanol–water partition coefficient (Wildman–Crippen LogP) is 3.94. The molecule has 2 aromatic carbocycles. The number of carboxylic acids is 1. The van der Waals surface area contributed by atoms with Gasteiger partial charge in [0.2, 0.25) is 5.91 Å². The maximum Gasteiger partial charge on any atom is 0.310 e. The topological polar surface area (TPSA) is 66.4 Å². The second kappa shape index (κ2) is 6.48. The summed E-state index contributed by atoms with van der Waals surface area (Å²) in [4.78, 5) is 24.1. The van der Waals surface area contributed by atoms with Gasteiger partial charge in [-0.25, -0.2) is 0 Å². The first-order chi connectivity index (χ1) is 11.5. The summed E-state index contributed by atoms with van der Waals surface area (Å²) in [5.41, 5.74) is 1.91. The lowest BCUT2D eigenvalue weighted by Gasteiger charge is -2.40. The first kappa shape index (κ1) is 16.2. The SMILES string of the molecule is CC(C(=O)O)c1cccc(NC(=O)C2(c3ccccc3)CCC2)c1. The van der Waals surface area contributed by atoms with Crippen molar-refractivity contribution < 1.29 is 14.7 Å². The highest BCUT2D eigenvalue weighted by Crippen LogP contribution is 2.44. The standard InChI is InChI=1S/C20H21NO3/c1-14(18(22)23)15-7-5-10-17(13-15)21-19(24)20(11-6-12-20)16-8-3-2-4-9-16/h2-5,7-10,13-14H,6,11-12H2,1H3,(H,21,24)(H,22,23). The van der Waals surface area contributed by atoms with Crippen LogP contribution in [-0.4, -0.2) is 17.0 Å². The molecule has 1 aliphatic rings. The number of rotatable bonds is 5. The van der Waals surface area contributed by atoms with Crippen LogP contribution in [0.2, 0.25) is 0 Å². The molecular formula is C20H21NO3. The molecule has 1 fully saturated rings. The molecule has 1 aliphatic carbocycles. The van der Waals surface area contributed by atoms with Gasteiger partial charge in [-0.3, -0.25) is 9.59 Å². The normalized spacial score (nSPS) is 16.7. The van der Waals surface area contributed by atoms with Crippen LogP contribution in [0.15, 0.2) is 54.6 Å². The quantitative estimate of drug-likeness (QED) is 0.876. The second-order valence-corrected chi connectivity index (χ2v) is 6.44. The summed E-state index contributed by atoms with van der Waals surface area (Å²) < 4.78 is 0. The minimum absolute atomic E-state index is 0.0138. The van der Waals surface area contributed by atoms with E-state index in [4.69, 9.17) is 5.11 Å². The van der Waals surface area contributed by atoms with Gasteiger partial charge in [-0.2, -0.15) is 0 Å². The van der Waals surface area contributed by atoms with Crippen molar-refractivity contribution in [1.82, 2.24) is 0 Å². The van der Waals surface area contributed by atoms with Crippen molar-refractivity contribution in [3.05, 3.63) is 65.7 Å². The average molecular weight is 323 g/mol. The van der Waals surface area contributed by atoms with Crippen molar-refractivity contribution in [1.29, 1.82) is 0 Å². The van der Waals surface area contributed by atoms with Gasteiger partial charge < -0.3 is 10.4 Å². The van der Waals surface area contributed by atoms with Crippen LogP contribution >= 0.6 is 0 Å². The van der Waals surface area contributed by atoms with Gasteiger partial charge in [-0.1, -0.05) is 48.9 Å². The summed E-state index contributed by atoms with van der Waals surface area (Å²) in [5.74, 6) is -1.49. The Morgan fingerprint density at radius 2 is 1.79 bits per heavy atom. The monoisotopic (exact) mass is 323 g/mol. The molecule has 0 heterocycles. The maximum absolute atomic E-state index is 12.9. The molecule has 0 spiro atoms. The first-order valence-electron chi connectivity index (χ1n) is 8.23. The fourth-order valence-electron chi connectivity index (χ4n) is 3.21. The fourth-order valence-corrected chi connectivity index (χ4v) is 3.21. The van der Waals surface area contributed by atoms with E-state index in [1.807, 2.05) is 30.3 Å². The van der Waals surface area contributed by atoms with E-state index in [-0.39, 0.29) is 5.91 Å². The lowest BCUT2D eigenvalue weighted by molar-refractivity contribution is -0.138. The first-order valence-corrected chi connectivity index (χ1v) is 8.23. The maximum atomic E-state index is 12.9. The predicted molar refractivity (Wildman–Crippen MR) is 93.1 cm³/mol. The molecule has 0 radical (unpaired) electrons. The summed E-state index contributed by atoms with van der Waals surface area (Å²) in [7, 11) is 0. The third-order valence-corrected chi connectivity index (χ3v) is 4.98. The summed E-state index contributed by atoms with van der Waals surface area (Å²) in [5, 5.41) is 12.1. The number of carbonyl (C=O) groups is 2. The Morgan fingerprint density at radius 3 is 2.38 bits per heavy atom. The highest BCUT2D eigenvalue weighted by Gasteiger charge is 2.45. The Labute approximate surface area is 141 Å². The van der Waals surface area contributed by atoms with Crippen LogP contribution in [0.4, 0.5) is 5.69 Å². The van der Waals surface area contributed by atoms with Crippen molar-refractivity contribution in [2.75, 3.05) is 5.32 Å². The Morgan fingerprint density at radius 1 is 1.08 bits per heavy atom. The molecule has 1 saturated carbocycles. The molecular weight excluding hydrogens is 302 g/mol. The molecule has 1 amide bonds. The Kier molecular flexibility index (Phi) is 4.38. The summed E-state index contributed by atoms with van der Waals surface area (Å²) in [6.45, 7) is 1.64. The molecule has 2 N–H and O–H groups in total. The van der Waals surface area contributed by atoms with Gasteiger partial charge in [0.15, 0.2) is 0 Å². The van der Waals surface area contributed by atoms with Gasteiger partial charge in [0, 0.05) is 5.69 Å². The molecule has 1 atom stereocenters. The Balaban J connectivity index is 1.82. The smallest absolute Gasteiger partial charge is 0.310 e. The van der Waals surface area contributed by atoms with E-state index in [0.717, 1.165) is 24.8 Å². The second-order valence-electron chi connectivity index (χ2n) is 6.44. The summed E-state index contributed by atoms with van der Waals surface area (Å²) >= 11 is 0. The molecule has 2 aromatic rings. The minimum Gasteiger partial charge on any atom is -0.481 e. The molecule has 24 heavy (non-hydrogen) atoms. The Hall–Kier alpha value is -2.62. The third-order valence-electron chi connectivity index (χ3n) is 4.98. The number of aliphatic carboxylic acids is 1. The van der Waals surface area contributed by atoms with E-state index < -0.39 is 17.3 Å². The van der Waals surface area contributed by atoms with Gasteiger partial charge in [0.25, 0.3) is 0 Å². The summed E-state index contributed by atoms with van der Waals surface area (Å²) in [6, 6.07) is 17.0. The number of amides is 1. The molecule has 0 bridgehead atoms. The molecule has 0 saturated heterocycles. The van der Waals surface area contributed by atoms with Crippen LogP contribution in [0.3, 0.4) is 0 Å². The van der Waals surface area contributed by atoms with E-state index in [2.05, 4.69) is 5.32 Å². The van der Waals surface area contributed by atoms with Crippen LogP contribution in [0.5, 0.6) is 0 Å². The van der Waals surface area contributed by atoms with Crippen molar-refractivity contribution in [3.8, 4) is 0 Å². The van der Waals surface area contributed by atoms with Gasteiger partial charge in [-0.15, -0.1) is 0 Å². The van der Waals surface area contributed by atoms with Gasteiger partial charge in [-0.05, 0) is 43.0 Å². The lowest BCUT2D eigenvalue weighted by Crippen LogP contribution is -2.46. The van der Waals surface area contributed by atoms with E-state index in [0.29, 0.717) is 11.3 Å². The zero-order valence-corrected chi connectivity index (χ0v) is 13.7. The number of benzene rings is 2. The number of carbonyl (C=O) groups excluding carboxylic acids is 1.